The summed E-state index contributed by atoms with van der Waals surface area (Å²) in [5.74, 6) is 0.165. The predicted octanol–water partition coefficient (Wildman–Crippen LogP) is 0.155. The maximum Gasteiger partial charge on any atom is 0.219 e. The Balaban J connectivity index is 2.56. The van der Waals surface area contributed by atoms with Crippen molar-refractivity contribution in [3.8, 4) is 0 Å². The van der Waals surface area contributed by atoms with Crippen molar-refractivity contribution in [3.05, 3.63) is 24.2 Å². The fraction of sp³-hybridized carbons (Fsp3) is 0.286. The Labute approximate surface area is 64.2 Å². The van der Waals surface area contributed by atoms with Gasteiger partial charge in [-0.05, 0) is 12.1 Å². The number of amides is 1. The molecule has 60 valence electrons. The average molecular weight is 154 g/mol. The molecule has 4 nitrogen and oxygen atoms in total. The number of hydrogen-bond acceptors (Lipinski definition) is 3. The van der Waals surface area contributed by atoms with Gasteiger partial charge in [0.25, 0.3) is 0 Å². The molecule has 0 spiro atoms. The van der Waals surface area contributed by atoms with E-state index < -0.39 is 11.9 Å². The Morgan fingerprint density at radius 3 is 2.91 bits per heavy atom. The second kappa shape index (κ2) is 3.21. The molecule has 0 aliphatic heterocycles. The molecule has 0 bridgehead atoms. The molecule has 0 saturated heterocycles. The van der Waals surface area contributed by atoms with E-state index in [1.54, 1.807) is 12.1 Å². The maximum atomic E-state index is 10.4. The summed E-state index contributed by atoms with van der Waals surface area (Å²) in [5.41, 5.74) is 10.5. The highest BCUT2D eigenvalue weighted by atomic mass is 16.3. The van der Waals surface area contributed by atoms with E-state index in [0.717, 1.165) is 0 Å². The van der Waals surface area contributed by atoms with Crippen LogP contribution in [0, 0.1) is 0 Å². The van der Waals surface area contributed by atoms with Gasteiger partial charge in [0, 0.05) is 6.42 Å². The van der Waals surface area contributed by atoms with Crippen molar-refractivity contribution >= 4 is 5.91 Å². The minimum absolute atomic E-state index is 0.119. The van der Waals surface area contributed by atoms with Crippen LogP contribution in [0.25, 0.3) is 0 Å². The Bertz CT molecular complexity index is 231. The van der Waals surface area contributed by atoms with E-state index in [4.69, 9.17) is 15.9 Å². The van der Waals surface area contributed by atoms with E-state index in [-0.39, 0.29) is 6.42 Å². The van der Waals surface area contributed by atoms with Crippen LogP contribution in [-0.4, -0.2) is 5.91 Å². The van der Waals surface area contributed by atoms with Gasteiger partial charge in [-0.25, -0.2) is 0 Å². The zero-order valence-electron chi connectivity index (χ0n) is 5.99. The van der Waals surface area contributed by atoms with Gasteiger partial charge in [-0.1, -0.05) is 0 Å². The molecule has 4 N–H and O–H groups in total. The van der Waals surface area contributed by atoms with Gasteiger partial charge >= 0.3 is 0 Å². The standard InChI is InChI=1S/C7H10N2O2/c8-5(4-7(9)10)6-2-1-3-11-6/h1-3,5H,4,8H2,(H2,9,10)/t5-/m0/s1. The summed E-state index contributed by atoms with van der Waals surface area (Å²) >= 11 is 0. The van der Waals surface area contributed by atoms with Gasteiger partial charge < -0.3 is 15.9 Å². The highest BCUT2D eigenvalue weighted by Gasteiger charge is 2.10. The summed E-state index contributed by atoms with van der Waals surface area (Å²) in [7, 11) is 0. The van der Waals surface area contributed by atoms with Gasteiger partial charge in [-0.15, -0.1) is 0 Å². The van der Waals surface area contributed by atoms with E-state index in [0.29, 0.717) is 5.76 Å². The lowest BCUT2D eigenvalue weighted by molar-refractivity contribution is -0.118. The van der Waals surface area contributed by atoms with Crippen LogP contribution >= 0.6 is 0 Å². The molecule has 0 fully saturated rings. The highest BCUT2D eigenvalue weighted by Crippen LogP contribution is 2.12. The van der Waals surface area contributed by atoms with Crippen LogP contribution in [-0.2, 0) is 4.79 Å². The zero-order valence-corrected chi connectivity index (χ0v) is 5.99. The second-order valence-corrected chi connectivity index (χ2v) is 2.29. The van der Waals surface area contributed by atoms with E-state index in [1.807, 2.05) is 0 Å². The Morgan fingerprint density at radius 1 is 1.73 bits per heavy atom. The van der Waals surface area contributed by atoms with Gasteiger partial charge in [0.05, 0.1) is 12.3 Å². The molecule has 1 heterocycles. The topological polar surface area (TPSA) is 82.2 Å². The van der Waals surface area contributed by atoms with Crippen molar-refractivity contribution in [1.29, 1.82) is 0 Å². The second-order valence-electron chi connectivity index (χ2n) is 2.29. The highest BCUT2D eigenvalue weighted by molar-refractivity contribution is 5.74. The fourth-order valence-corrected chi connectivity index (χ4v) is 0.820. The molecule has 1 aromatic heterocycles. The lowest BCUT2D eigenvalue weighted by Crippen LogP contribution is -2.20. The number of hydrogen-bond donors (Lipinski definition) is 2. The van der Waals surface area contributed by atoms with Crippen LogP contribution < -0.4 is 11.5 Å². The monoisotopic (exact) mass is 154 g/mol. The van der Waals surface area contributed by atoms with E-state index in [2.05, 4.69) is 0 Å². The molecule has 0 aliphatic carbocycles. The SMILES string of the molecule is NC(=O)C[C@H](N)c1ccco1. The first-order valence-corrected chi connectivity index (χ1v) is 3.27. The predicted molar refractivity (Wildman–Crippen MR) is 39.4 cm³/mol. The van der Waals surface area contributed by atoms with Crippen molar-refractivity contribution < 1.29 is 9.21 Å². The summed E-state index contributed by atoms with van der Waals surface area (Å²) in [6, 6.07) is 3.02. The van der Waals surface area contributed by atoms with Crippen LogP contribution in [0.15, 0.2) is 22.8 Å². The minimum atomic E-state index is -0.422. The van der Waals surface area contributed by atoms with E-state index in [1.165, 1.54) is 6.26 Å². The van der Waals surface area contributed by atoms with Gasteiger partial charge in [0.2, 0.25) is 5.91 Å². The molecule has 0 radical (unpaired) electrons. The number of furan rings is 1. The third kappa shape index (κ3) is 2.09. The van der Waals surface area contributed by atoms with Gasteiger partial charge in [0.1, 0.15) is 5.76 Å². The lowest BCUT2D eigenvalue weighted by atomic mass is 10.2. The molecule has 1 atom stereocenters. The molecule has 0 aromatic carbocycles. The normalized spacial score (nSPS) is 12.8. The van der Waals surface area contributed by atoms with E-state index >= 15 is 0 Å². The Morgan fingerprint density at radius 2 is 2.45 bits per heavy atom. The third-order valence-electron chi connectivity index (χ3n) is 1.33. The largest absolute Gasteiger partial charge is 0.468 e. The van der Waals surface area contributed by atoms with Crippen molar-refractivity contribution in [3.63, 3.8) is 0 Å². The van der Waals surface area contributed by atoms with Crippen LogP contribution in [0.3, 0.4) is 0 Å². The maximum absolute atomic E-state index is 10.4. The zero-order chi connectivity index (χ0) is 8.27. The summed E-state index contributed by atoms with van der Waals surface area (Å²) in [6.45, 7) is 0. The third-order valence-corrected chi connectivity index (χ3v) is 1.33. The molecular weight excluding hydrogens is 144 g/mol. The van der Waals surface area contributed by atoms with Gasteiger partial charge in [0.15, 0.2) is 0 Å². The Kier molecular flexibility index (Phi) is 2.28. The van der Waals surface area contributed by atoms with Gasteiger partial charge in [-0.2, -0.15) is 0 Å². The summed E-state index contributed by atoms with van der Waals surface area (Å²) in [5, 5.41) is 0. The van der Waals surface area contributed by atoms with Crippen molar-refractivity contribution in [2.75, 3.05) is 0 Å². The number of rotatable bonds is 3. The van der Waals surface area contributed by atoms with E-state index in [9.17, 15) is 4.79 Å². The van der Waals surface area contributed by atoms with Crippen LogP contribution in [0.2, 0.25) is 0 Å². The first-order valence-electron chi connectivity index (χ1n) is 3.27. The van der Waals surface area contributed by atoms with Crippen LogP contribution in [0.4, 0.5) is 0 Å². The summed E-state index contributed by atoms with van der Waals surface area (Å²) < 4.78 is 4.96. The van der Waals surface area contributed by atoms with Crippen LogP contribution in [0.5, 0.6) is 0 Å². The van der Waals surface area contributed by atoms with Crippen molar-refractivity contribution in [2.45, 2.75) is 12.5 Å². The quantitative estimate of drug-likeness (QED) is 0.650. The molecule has 4 heteroatoms. The molecule has 11 heavy (non-hydrogen) atoms. The minimum Gasteiger partial charge on any atom is -0.468 e. The molecule has 1 amide bonds. The number of nitrogens with two attached hydrogens (primary N) is 2. The molecule has 0 aliphatic rings. The fourth-order valence-electron chi connectivity index (χ4n) is 0.820. The summed E-state index contributed by atoms with van der Waals surface area (Å²) in [4.78, 5) is 10.4. The first-order chi connectivity index (χ1) is 5.20. The van der Waals surface area contributed by atoms with Crippen molar-refractivity contribution in [1.82, 2.24) is 0 Å². The van der Waals surface area contributed by atoms with Crippen LogP contribution in [0.1, 0.15) is 18.2 Å². The molecular formula is C7H10N2O2. The summed E-state index contributed by atoms with van der Waals surface area (Å²) in [6.07, 6.45) is 1.63. The average Bonchev–Trinajstić information content (AvgIpc) is 2.35. The number of primary amides is 1. The number of carbonyl (C=O) groups is 1. The Hall–Kier alpha value is -1.29. The molecule has 0 saturated carbocycles. The first kappa shape index (κ1) is 7.81. The molecule has 1 rings (SSSR count). The smallest absolute Gasteiger partial charge is 0.219 e. The number of carbonyl (C=O) groups excluding carboxylic acids is 1. The van der Waals surface area contributed by atoms with Gasteiger partial charge in [-0.3, -0.25) is 4.79 Å². The molecule has 0 unspecified atom stereocenters. The molecule has 1 aromatic rings. The lowest BCUT2D eigenvalue weighted by Gasteiger charge is -2.03. The van der Waals surface area contributed by atoms with Crippen molar-refractivity contribution in [2.24, 2.45) is 11.5 Å².